The van der Waals surface area contributed by atoms with Crippen molar-refractivity contribution in [2.45, 2.75) is 25.7 Å². The van der Waals surface area contributed by atoms with Crippen LogP contribution in [-0.4, -0.2) is 37.2 Å². The number of carbonyl (C=O) groups is 1. The Morgan fingerprint density at radius 3 is 2.25 bits per heavy atom. The molecular weight excluding hydrogens is 406 g/mol. The molecule has 0 saturated heterocycles. The number of nitrogens with one attached hydrogen (secondary N) is 1. The van der Waals surface area contributed by atoms with E-state index in [1.165, 1.54) is 31.2 Å². The Morgan fingerprint density at radius 1 is 1.18 bits per heavy atom. The van der Waals surface area contributed by atoms with Gasteiger partial charge in [0.1, 0.15) is 0 Å². The normalized spacial score (nSPS) is 11.1. The minimum Gasteiger partial charge on any atom is -0.339 e. The highest BCUT2D eigenvalue weighted by Crippen LogP contribution is 2.30. The molecule has 1 amide bonds. The first-order chi connectivity index (χ1) is 13.1. The Morgan fingerprint density at radius 2 is 1.75 bits per heavy atom. The van der Waals surface area contributed by atoms with Gasteiger partial charge < -0.3 is 4.90 Å². The van der Waals surface area contributed by atoms with E-state index in [1.807, 2.05) is 13.8 Å². The summed E-state index contributed by atoms with van der Waals surface area (Å²) in [5, 5.41) is 11.1. The molecule has 0 unspecified atom stereocenters. The first-order valence-corrected chi connectivity index (χ1v) is 10.3. The lowest BCUT2D eigenvalue weighted by Gasteiger charge is -2.18. The quantitative estimate of drug-likeness (QED) is 0.535. The average molecular weight is 426 g/mol. The fraction of sp³-hybridized carbons (Fsp3) is 0.278. The molecule has 8 nitrogen and oxygen atoms in total. The van der Waals surface area contributed by atoms with Gasteiger partial charge in [0, 0.05) is 36.0 Å². The minimum atomic E-state index is -4.10. The smallest absolute Gasteiger partial charge is 0.275 e. The van der Waals surface area contributed by atoms with Crippen LogP contribution in [0.25, 0.3) is 0 Å². The number of hydrogen-bond acceptors (Lipinski definition) is 5. The van der Waals surface area contributed by atoms with Gasteiger partial charge in [0.15, 0.2) is 0 Å². The molecule has 2 aromatic carbocycles. The van der Waals surface area contributed by atoms with Crippen molar-refractivity contribution in [3.63, 3.8) is 0 Å². The molecule has 2 aromatic rings. The molecule has 150 valence electrons. The summed E-state index contributed by atoms with van der Waals surface area (Å²) in [4.78, 5) is 24.1. The second-order valence-corrected chi connectivity index (χ2v) is 8.06. The zero-order valence-electron chi connectivity index (χ0n) is 15.6. The molecule has 28 heavy (non-hydrogen) atoms. The minimum absolute atomic E-state index is 0.0188. The molecule has 0 aliphatic heterocycles. The lowest BCUT2D eigenvalue weighted by Crippen LogP contribution is -2.30. The van der Waals surface area contributed by atoms with Crippen LogP contribution in [0.2, 0.25) is 5.02 Å². The maximum atomic E-state index is 12.6. The van der Waals surface area contributed by atoms with Gasteiger partial charge in [-0.25, -0.2) is 8.42 Å². The summed E-state index contributed by atoms with van der Waals surface area (Å²) in [6, 6.07) is 8.06. The maximum absolute atomic E-state index is 12.6. The molecule has 0 aliphatic carbocycles. The SMILES string of the molecule is CCN(CC)C(=O)c1ccc(NS(=O)(=O)c2cc(Cl)c(C)c([N+](=O)[O-])c2)cc1. The van der Waals surface area contributed by atoms with Crippen molar-refractivity contribution in [3.8, 4) is 0 Å². The van der Waals surface area contributed by atoms with Gasteiger partial charge in [-0.2, -0.15) is 0 Å². The van der Waals surface area contributed by atoms with Crippen LogP contribution >= 0.6 is 11.6 Å². The largest absolute Gasteiger partial charge is 0.339 e. The van der Waals surface area contributed by atoms with Crippen LogP contribution in [0.1, 0.15) is 29.8 Å². The van der Waals surface area contributed by atoms with Gasteiger partial charge in [0.05, 0.1) is 14.8 Å². The van der Waals surface area contributed by atoms with E-state index in [1.54, 1.807) is 4.90 Å². The molecule has 0 aromatic heterocycles. The van der Waals surface area contributed by atoms with Crippen molar-refractivity contribution < 1.29 is 18.1 Å². The van der Waals surface area contributed by atoms with Gasteiger partial charge in [-0.15, -0.1) is 0 Å². The number of nitro benzene ring substituents is 1. The third kappa shape index (κ3) is 4.60. The molecule has 0 radical (unpaired) electrons. The number of benzene rings is 2. The van der Waals surface area contributed by atoms with Gasteiger partial charge in [0.25, 0.3) is 21.6 Å². The fourth-order valence-corrected chi connectivity index (χ4v) is 3.96. The molecule has 1 N–H and O–H groups in total. The number of anilines is 1. The number of nitro groups is 1. The van der Waals surface area contributed by atoms with E-state index in [0.717, 1.165) is 12.1 Å². The Hall–Kier alpha value is -2.65. The Bertz CT molecular complexity index is 1000. The van der Waals surface area contributed by atoms with Crippen LogP contribution in [0.3, 0.4) is 0 Å². The summed E-state index contributed by atoms with van der Waals surface area (Å²) < 4.78 is 27.5. The fourth-order valence-electron chi connectivity index (χ4n) is 2.57. The van der Waals surface area contributed by atoms with E-state index in [2.05, 4.69) is 4.72 Å². The number of carbonyl (C=O) groups excluding carboxylic acids is 1. The molecule has 2 rings (SSSR count). The van der Waals surface area contributed by atoms with Crippen molar-refractivity contribution in [2.75, 3.05) is 17.8 Å². The Kier molecular flexibility index (Phi) is 6.63. The number of hydrogen-bond donors (Lipinski definition) is 1. The van der Waals surface area contributed by atoms with E-state index in [0.29, 0.717) is 18.7 Å². The molecule has 10 heteroatoms. The van der Waals surface area contributed by atoms with Crippen LogP contribution in [0, 0.1) is 17.0 Å². The van der Waals surface area contributed by atoms with Gasteiger partial charge in [-0.05, 0) is 51.1 Å². The van der Waals surface area contributed by atoms with Crippen LogP contribution in [-0.2, 0) is 10.0 Å². The van der Waals surface area contributed by atoms with Crippen molar-refractivity contribution >= 4 is 38.9 Å². The first kappa shape index (κ1) is 21.6. The summed E-state index contributed by atoms with van der Waals surface area (Å²) in [6.07, 6.45) is 0. The number of amides is 1. The van der Waals surface area contributed by atoms with Crippen molar-refractivity contribution in [3.05, 3.63) is 62.7 Å². The van der Waals surface area contributed by atoms with Crippen LogP contribution in [0.5, 0.6) is 0 Å². The van der Waals surface area contributed by atoms with Crippen molar-refractivity contribution in [2.24, 2.45) is 0 Å². The molecule has 0 fully saturated rings. The molecule has 0 saturated carbocycles. The highest BCUT2D eigenvalue weighted by atomic mass is 35.5. The van der Waals surface area contributed by atoms with Gasteiger partial charge in [0.2, 0.25) is 0 Å². The lowest BCUT2D eigenvalue weighted by atomic mass is 10.2. The predicted molar refractivity (Wildman–Crippen MR) is 107 cm³/mol. The Balaban J connectivity index is 2.30. The molecule has 0 aliphatic rings. The molecule has 0 bridgehead atoms. The monoisotopic (exact) mass is 425 g/mol. The zero-order valence-corrected chi connectivity index (χ0v) is 17.2. The number of nitrogens with zero attached hydrogens (tertiary/aromatic N) is 2. The molecule has 0 atom stereocenters. The van der Waals surface area contributed by atoms with E-state index >= 15 is 0 Å². The van der Waals surface area contributed by atoms with Crippen LogP contribution in [0.15, 0.2) is 41.3 Å². The topological polar surface area (TPSA) is 110 Å². The standard InChI is InChI=1S/C18H20ClN3O5S/c1-4-21(5-2)18(23)13-6-8-14(9-7-13)20-28(26,27)15-10-16(19)12(3)17(11-15)22(24)25/h6-11,20H,4-5H2,1-3H3. The van der Waals surface area contributed by atoms with E-state index in [4.69, 9.17) is 11.6 Å². The molecular formula is C18H20ClN3O5S. The molecule has 0 heterocycles. The highest BCUT2D eigenvalue weighted by molar-refractivity contribution is 7.92. The second kappa shape index (κ2) is 8.57. The van der Waals surface area contributed by atoms with Crippen LogP contribution in [0.4, 0.5) is 11.4 Å². The summed E-state index contributed by atoms with van der Waals surface area (Å²) in [6.45, 7) is 6.31. The van der Waals surface area contributed by atoms with E-state index < -0.39 is 14.9 Å². The third-order valence-corrected chi connectivity index (χ3v) is 5.99. The van der Waals surface area contributed by atoms with Gasteiger partial charge in [-0.3, -0.25) is 19.6 Å². The highest BCUT2D eigenvalue weighted by Gasteiger charge is 2.23. The zero-order chi connectivity index (χ0) is 21.1. The first-order valence-electron chi connectivity index (χ1n) is 8.47. The molecule has 0 spiro atoms. The van der Waals surface area contributed by atoms with E-state index in [-0.39, 0.29) is 32.8 Å². The summed E-state index contributed by atoms with van der Waals surface area (Å²) in [7, 11) is -4.10. The summed E-state index contributed by atoms with van der Waals surface area (Å²) in [5.74, 6) is -0.152. The average Bonchev–Trinajstić information content (AvgIpc) is 2.64. The lowest BCUT2D eigenvalue weighted by molar-refractivity contribution is -0.385. The van der Waals surface area contributed by atoms with Crippen LogP contribution < -0.4 is 4.72 Å². The Labute approximate surface area is 168 Å². The maximum Gasteiger partial charge on any atom is 0.275 e. The van der Waals surface area contributed by atoms with Gasteiger partial charge >= 0.3 is 0 Å². The number of rotatable bonds is 7. The van der Waals surface area contributed by atoms with Gasteiger partial charge in [-0.1, -0.05) is 11.6 Å². The predicted octanol–water partition coefficient (Wildman–Crippen LogP) is 3.84. The van der Waals surface area contributed by atoms with Crippen molar-refractivity contribution in [1.29, 1.82) is 0 Å². The number of sulfonamides is 1. The number of halogens is 1. The van der Waals surface area contributed by atoms with Crippen molar-refractivity contribution in [1.82, 2.24) is 4.90 Å². The third-order valence-electron chi connectivity index (χ3n) is 4.23. The summed E-state index contributed by atoms with van der Waals surface area (Å²) >= 11 is 5.95. The van der Waals surface area contributed by atoms with E-state index in [9.17, 15) is 23.3 Å². The summed E-state index contributed by atoms with van der Waals surface area (Å²) in [5.41, 5.74) is 0.453. The second-order valence-electron chi connectivity index (χ2n) is 5.97.